The van der Waals surface area contributed by atoms with Gasteiger partial charge in [0.05, 0.1) is 17.6 Å². The standard InChI is InChI=1S/C12H10F3NO/c1-8(17)6-9(7-16)10-4-2-3-5-11(10)12(13,14)15/h2-5,9H,6H2,1H3. The van der Waals surface area contributed by atoms with Gasteiger partial charge in [-0.2, -0.15) is 18.4 Å². The Hall–Kier alpha value is -1.83. The molecule has 0 aliphatic rings. The van der Waals surface area contributed by atoms with E-state index in [-0.39, 0.29) is 17.8 Å². The average Bonchev–Trinajstić information content (AvgIpc) is 2.24. The number of carbonyl (C=O) groups is 1. The number of nitriles is 1. The fourth-order valence-corrected chi connectivity index (χ4v) is 1.57. The minimum Gasteiger partial charge on any atom is -0.300 e. The average molecular weight is 241 g/mol. The molecule has 0 heterocycles. The maximum atomic E-state index is 12.7. The van der Waals surface area contributed by atoms with Crippen LogP contribution in [0.4, 0.5) is 13.2 Å². The van der Waals surface area contributed by atoms with Crippen LogP contribution in [0.15, 0.2) is 24.3 Å². The van der Waals surface area contributed by atoms with E-state index in [1.54, 1.807) is 6.07 Å². The molecule has 0 radical (unpaired) electrons. The first kappa shape index (κ1) is 13.2. The van der Waals surface area contributed by atoms with Crippen molar-refractivity contribution in [1.82, 2.24) is 0 Å². The number of nitrogens with zero attached hydrogens (tertiary/aromatic N) is 1. The molecule has 5 heteroatoms. The predicted molar refractivity (Wildman–Crippen MR) is 55.1 cm³/mol. The quantitative estimate of drug-likeness (QED) is 0.814. The van der Waals surface area contributed by atoms with E-state index in [1.807, 2.05) is 0 Å². The summed E-state index contributed by atoms with van der Waals surface area (Å²) in [6.07, 6.45) is -4.72. The number of hydrogen-bond donors (Lipinski definition) is 0. The summed E-state index contributed by atoms with van der Waals surface area (Å²) < 4.78 is 38.1. The number of Topliss-reactive ketones (excluding diaryl/α,β-unsaturated/α-hetero) is 1. The molecule has 0 saturated carbocycles. The smallest absolute Gasteiger partial charge is 0.300 e. The molecule has 0 N–H and O–H groups in total. The van der Waals surface area contributed by atoms with Gasteiger partial charge in [-0.05, 0) is 18.6 Å². The summed E-state index contributed by atoms with van der Waals surface area (Å²) in [5.74, 6) is -1.36. The number of alkyl halides is 3. The van der Waals surface area contributed by atoms with Crippen molar-refractivity contribution in [3.8, 4) is 6.07 Å². The van der Waals surface area contributed by atoms with Crippen molar-refractivity contribution < 1.29 is 18.0 Å². The predicted octanol–water partition coefficient (Wildman–Crippen LogP) is 3.29. The third-order valence-electron chi connectivity index (χ3n) is 2.29. The summed E-state index contributed by atoms with van der Waals surface area (Å²) in [6, 6.07) is 6.58. The van der Waals surface area contributed by atoms with E-state index in [2.05, 4.69) is 0 Å². The summed E-state index contributed by atoms with van der Waals surface area (Å²) in [7, 11) is 0. The van der Waals surface area contributed by atoms with Crippen LogP contribution in [-0.2, 0) is 11.0 Å². The molecule has 0 spiro atoms. The Labute approximate surface area is 96.7 Å². The van der Waals surface area contributed by atoms with Gasteiger partial charge >= 0.3 is 6.18 Å². The SMILES string of the molecule is CC(=O)CC(C#N)c1ccccc1C(F)(F)F. The largest absolute Gasteiger partial charge is 0.416 e. The number of carbonyl (C=O) groups excluding carboxylic acids is 1. The first-order valence-electron chi connectivity index (χ1n) is 4.91. The lowest BCUT2D eigenvalue weighted by Crippen LogP contribution is -2.12. The molecule has 1 aromatic carbocycles. The molecular formula is C12H10F3NO. The Morgan fingerprint density at radius 2 is 2.00 bits per heavy atom. The monoisotopic (exact) mass is 241 g/mol. The molecule has 1 unspecified atom stereocenters. The topological polar surface area (TPSA) is 40.9 Å². The van der Waals surface area contributed by atoms with Crippen LogP contribution in [0.25, 0.3) is 0 Å². The fraction of sp³-hybridized carbons (Fsp3) is 0.333. The second-order valence-corrected chi connectivity index (χ2v) is 3.67. The number of halogens is 3. The van der Waals surface area contributed by atoms with Gasteiger partial charge in [0.1, 0.15) is 5.78 Å². The van der Waals surface area contributed by atoms with Gasteiger partial charge in [-0.3, -0.25) is 4.79 Å². The van der Waals surface area contributed by atoms with E-state index < -0.39 is 17.7 Å². The highest BCUT2D eigenvalue weighted by Crippen LogP contribution is 2.35. The number of hydrogen-bond acceptors (Lipinski definition) is 2. The van der Waals surface area contributed by atoms with Gasteiger partial charge in [0.25, 0.3) is 0 Å². The Balaban J connectivity index is 3.21. The lowest BCUT2D eigenvalue weighted by atomic mass is 9.91. The highest BCUT2D eigenvalue weighted by atomic mass is 19.4. The van der Waals surface area contributed by atoms with Crippen molar-refractivity contribution in [3.05, 3.63) is 35.4 Å². The van der Waals surface area contributed by atoms with Crippen LogP contribution in [0.3, 0.4) is 0 Å². The summed E-state index contributed by atoms with van der Waals surface area (Å²) in [5, 5.41) is 8.85. The number of ketones is 1. The van der Waals surface area contributed by atoms with Gasteiger partial charge in [-0.25, -0.2) is 0 Å². The molecule has 17 heavy (non-hydrogen) atoms. The Morgan fingerprint density at radius 3 is 2.47 bits per heavy atom. The maximum Gasteiger partial charge on any atom is 0.416 e. The third kappa shape index (κ3) is 3.31. The normalized spacial score (nSPS) is 12.9. The van der Waals surface area contributed by atoms with E-state index in [9.17, 15) is 18.0 Å². The molecule has 1 rings (SSSR count). The molecule has 0 aliphatic heterocycles. The van der Waals surface area contributed by atoms with Crippen molar-refractivity contribution >= 4 is 5.78 Å². The Morgan fingerprint density at radius 1 is 1.41 bits per heavy atom. The molecule has 0 aromatic heterocycles. The summed E-state index contributed by atoms with van der Waals surface area (Å²) in [6.45, 7) is 1.25. The molecular weight excluding hydrogens is 231 g/mol. The van der Waals surface area contributed by atoms with Crippen molar-refractivity contribution in [2.24, 2.45) is 0 Å². The van der Waals surface area contributed by atoms with E-state index in [0.29, 0.717) is 0 Å². The molecule has 2 nitrogen and oxygen atoms in total. The van der Waals surface area contributed by atoms with Crippen molar-refractivity contribution in [1.29, 1.82) is 5.26 Å². The first-order chi connectivity index (χ1) is 7.86. The van der Waals surface area contributed by atoms with Gasteiger partial charge in [0, 0.05) is 6.42 Å². The van der Waals surface area contributed by atoms with Crippen LogP contribution in [-0.4, -0.2) is 5.78 Å². The van der Waals surface area contributed by atoms with Crippen molar-refractivity contribution in [3.63, 3.8) is 0 Å². The second-order valence-electron chi connectivity index (χ2n) is 3.67. The van der Waals surface area contributed by atoms with Gasteiger partial charge < -0.3 is 0 Å². The second kappa shape index (κ2) is 5.00. The lowest BCUT2D eigenvalue weighted by Gasteiger charge is -2.15. The van der Waals surface area contributed by atoms with Crippen LogP contribution in [0.1, 0.15) is 30.4 Å². The molecule has 0 aliphatic carbocycles. The molecule has 0 fully saturated rings. The zero-order valence-corrected chi connectivity index (χ0v) is 9.08. The first-order valence-corrected chi connectivity index (χ1v) is 4.91. The molecule has 90 valence electrons. The van der Waals surface area contributed by atoms with Gasteiger partial charge in [0.15, 0.2) is 0 Å². The number of benzene rings is 1. The van der Waals surface area contributed by atoms with Crippen LogP contribution in [0, 0.1) is 11.3 Å². The van der Waals surface area contributed by atoms with Crippen LogP contribution >= 0.6 is 0 Å². The van der Waals surface area contributed by atoms with Crippen LogP contribution < -0.4 is 0 Å². The lowest BCUT2D eigenvalue weighted by molar-refractivity contribution is -0.138. The van der Waals surface area contributed by atoms with Gasteiger partial charge in [-0.15, -0.1) is 0 Å². The molecule has 1 aromatic rings. The summed E-state index contributed by atoms with van der Waals surface area (Å²) >= 11 is 0. The van der Waals surface area contributed by atoms with E-state index in [1.165, 1.54) is 25.1 Å². The van der Waals surface area contributed by atoms with Crippen molar-refractivity contribution in [2.45, 2.75) is 25.4 Å². The molecule has 0 amide bonds. The summed E-state index contributed by atoms with van der Waals surface area (Å²) in [4.78, 5) is 10.9. The Kier molecular flexibility index (Phi) is 3.89. The van der Waals surface area contributed by atoms with Crippen LogP contribution in [0.5, 0.6) is 0 Å². The Bertz CT molecular complexity index is 460. The van der Waals surface area contributed by atoms with Gasteiger partial charge in [-0.1, -0.05) is 18.2 Å². The fourth-order valence-electron chi connectivity index (χ4n) is 1.57. The minimum absolute atomic E-state index is 0.141. The van der Waals surface area contributed by atoms with Crippen LogP contribution in [0.2, 0.25) is 0 Å². The van der Waals surface area contributed by atoms with E-state index >= 15 is 0 Å². The zero-order valence-electron chi connectivity index (χ0n) is 9.08. The highest BCUT2D eigenvalue weighted by Gasteiger charge is 2.35. The highest BCUT2D eigenvalue weighted by molar-refractivity contribution is 5.77. The molecule has 1 atom stereocenters. The third-order valence-corrected chi connectivity index (χ3v) is 2.29. The minimum atomic E-state index is -4.51. The van der Waals surface area contributed by atoms with E-state index in [0.717, 1.165) is 6.07 Å². The van der Waals surface area contributed by atoms with Gasteiger partial charge in [0.2, 0.25) is 0 Å². The molecule has 0 saturated heterocycles. The van der Waals surface area contributed by atoms with Crippen molar-refractivity contribution in [2.75, 3.05) is 0 Å². The van der Waals surface area contributed by atoms with E-state index in [4.69, 9.17) is 5.26 Å². The number of rotatable bonds is 3. The maximum absolute atomic E-state index is 12.7. The zero-order chi connectivity index (χ0) is 13.1. The summed E-state index contributed by atoms with van der Waals surface area (Å²) in [5.41, 5.74) is -0.995. The molecule has 0 bridgehead atoms.